The highest BCUT2D eigenvalue weighted by Crippen LogP contribution is 2.25. The SMILES string of the molecule is O=C(CNc1ccc(Oc2ccncc2)cc1)Nc1cc(Cl)ccc1Cl. The molecule has 0 unspecified atom stereocenters. The summed E-state index contributed by atoms with van der Waals surface area (Å²) in [6, 6.07) is 15.7. The first-order valence-electron chi connectivity index (χ1n) is 7.77. The fourth-order valence-corrected chi connectivity index (χ4v) is 2.49. The van der Waals surface area contributed by atoms with Crippen molar-refractivity contribution in [1.82, 2.24) is 4.98 Å². The fourth-order valence-electron chi connectivity index (χ4n) is 2.15. The second-order valence-electron chi connectivity index (χ2n) is 5.34. The van der Waals surface area contributed by atoms with E-state index in [1.165, 1.54) is 0 Å². The molecule has 1 heterocycles. The maximum Gasteiger partial charge on any atom is 0.243 e. The van der Waals surface area contributed by atoms with E-state index in [4.69, 9.17) is 27.9 Å². The van der Waals surface area contributed by atoms with Gasteiger partial charge in [0.1, 0.15) is 11.5 Å². The van der Waals surface area contributed by atoms with Gasteiger partial charge in [-0.3, -0.25) is 9.78 Å². The average Bonchev–Trinajstić information content (AvgIpc) is 2.65. The van der Waals surface area contributed by atoms with Crippen molar-refractivity contribution in [3.8, 4) is 11.5 Å². The van der Waals surface area contributed by atoms with Gasteiger partial charge in [0.15, 0.2) is 0 Å². The smallest absolute Gasteiger partial charge is 0.243 e. The molecule has 3 aromatic rings. The Morgan fingerprint density at radius 2 is 1.65 bits per heavy atom. The third-order valence-corrected chi connectivity index (χ3v) is 3.96. The van der Waals surface area contributed by atoms with Gasteiger partial charge in [-0.1, -0.05) is 23.2 Å². The van der Waals surface area contributed by atoms with E-state index in [0.29, 0.717) is 27.2 Å². The second kappa shape index (κ2) is 8.56. The van der Waals surface area contributed by atoms with Gasteiger partial charge in [0.25, 0.3) is 0 Å². The minimum absolute atomic E-state index is 0.0907. The largest absolute Gasteiger partial charge is 0.457 e. The van der Waals surface area contributed by atoms with Gasteiger partial charge in [0, 0.05) is 23.1 Å². The zero-order valence-corrected chi connectivity index (χ0v) is 15.1. The fraction of sp³-hybridized carbons (Fsp3) is 0.0526. The molecule has 1 aromatic heterocycles. The molecule has 0 bridgehead atoms. The number of hydrogen-bond acceptors (Lipinski definition) is 4. The molecule has 3 rings (SSSR count). The van der Waals surface area contributed by atoms with Crippen molar-refractivity contribution in [2.45, 2.75) is 0 Å². The lowest BCUT2D eigenvalue weighted by Gasteiger charge is -2.10. The third kappa shape index (κ3) is 5.12. The van der Waals surface area contributed by atoms with E-state index in [1.807, 2.05) is 24.3 Å². The normalized spacial score (nSPS) is 10.2. The van der Waals surface area contributed by atoms with E-state index in [2.05, 4.69) is 15.6 Å². The summed E-state index contributed by atoms with van der Waals surface area (Å²) in [6.45, 7) is 0.0907. The Hall–Kier alpha value is -2.76. The minimum Gasteiger partial charge on any atom is -0.457 e. The molecular formula is C19H15Cl2N3O2. The number of ether oxygens (including phenoxy) is 1. The zero-order chi connectivity index (χ0) is 18.4. The van der Waals surface area contributed by atoms with Gasteiger partial charge in [-0.25, -0.2) is 0 Å². The molecule has 0 radical (unpaired) electrons. The molecule has 2 aromatic carbocycles. The predicted molar refractivity (Wildman–Crippen MR) is 104 cm³/mol. The van der Waals surface area contributed by atoms with Crippen LogP contribution in [0.2, 0.25) is 10.0 Å². The molecule has 0 aliphatic rings. The van der Waals surface area contributed by atoms with Crippen molar-refractivity contribution in [1.29, 1.82) is 0 Å². The third-order valence-electron chi connectivity index (χ3n) is 3.40. The van der Waals surface area contributed by atoms with Crippen LogP contribution in [0.5, 0.6) is 11.5 Å². The van der Waals surface area contributed by atoms with E-state index in [0.717, 1.165) is 5.69 Å². The topological polar surface area (TPSA) is 63.2 Å². The summed E-state index contributed by atoms with van der Waals surface area (Å²) in [4.78, 5) is 16.0. The number of hydrogen-bond donors (Lipinski definition) is 2. The summed E-state index contributed by atoms with van der Waals surface area (Å²) < 4.78 is 5.69. The van der Waals surface area contributed by atoms with Crippen molar-refractivity contribution in [3.63, 3.8) is 0 Å². The summed E-state index contributed by atoms with van der Waals surface area (Å²) in [7, 11) is 0. The zero-order valence-electron chi connectivity index (χ0n) is 13.6. The second-order valence-corrected chi connectivity index (χ2v) is 6.18. The number of nitrogens with one attached hydrogen (secondary N) is 2. The summed E-state index contributed by atoms with van der Waals surface area (Å²) >= 11 is 11.9. The van der Waals surface area contributed by atoms with Crippen LogP contribution in [-0.4, -0.2) is 17.4 Å². The van der Waals surface area contributed by atoms with Gasteiger partial charge < -0.3 is 15.4 Å². The molecule has 0 atom stereocenters. The highest BCUT2D eigenvalue weighted by atomic mass is 35.5. The molecular weight excluding hydrogens is 373 g/mol. The maximum absolute atomic E-state index is 12.1. The van der Waals surface area contributed by atoms with Gasteiger partial charge in [-0.2, -0.15) is 0 Å². The molecule has 0 aliphatic heterocycles. The molecule has 0 saturated carbocycles. The molecule has 2 N–H and O–H groups in total. The number of amides is 1. The lowest BCUT2D eigenvalue weighted by molar-refractivity contribution is -0.114. The highest BCUT2D eigenvalue weighted by molar-refractivity contribution is 6.35. The number of nitrogens with zero attached hydrogens (tertiary/aromatic N) is 1. The summed E-state index contributed by atoms with van der Waals surface area (Å²) in [5.41, 5.74) is 1.27. The van der Waals surface area contributed by atoms with E-state index in [1.54, 1.807) is 42.7 Å². The number of rotatable bonds is 6. The van der Waals surface area contributed by atoms with E-state index in [9.17, 15) is 4.79 Å². The first-order valence-corrected chi connectivity index (χ1v) is 8.52. The molecule has 26 heavy (non-hydrogen) atoms. The molecule has 1 amide bonds. The summed E-state index contributed by atoms with van der Waals surface area (Å²) in [6.07, 6.45) is 3.33. The summed E-state index contributed by atoms with van der Waals surface area (Å²) in [5, 5.41) is 6.69. The van der Waals surface area contributed by atoms with Crippen LogP contribution >= 0.6 is 23.2 Å². The average molecular weight is 388 g/mol. The van der Waals surface area contributed by atoms with Crippen LogP contribution in [-0.2, 0) is 4.79 Å². The van der Waals surface area contributed by atoms with E-state index < -0.39 is 0 Å². The van der Waals surface area contributed by atoms with Crippen LogP contribution in [0, 0.1) is 0 Å². The predicted octanol–water partition coefficient (Wildman–Crippen LogP) is 5.23. The molecule has 5 nitrogen and oxygen atoms in total. The Kier molecular flexibility index (Phi) is 5.94. The van der Waals surface area contributed by atoms with Crippen LogP contribution in [0.1, 0.15) is 0 Å². The van der Waals surface area contributed by atoms with Crippen molar-refractivity contribution in [2.75, 3.05) is 17.2 Å². The number of pyridine rings is 1. The number of carbonyl (C=O) groups excluding carboxylic acids is 1. The highest BCUT2D eigenvalue weighted by Gasteiger charge is 2.07. The molecule has 0 spiro atoms. The van der Waals surface area contributed by atoms with Gasteiger partial charge >= 0.3 is 0 Å². The lowest BCUT2D eigenvalue weighted by Crippen LogP contribution is -2.21. The quantitative estimate of drug-likeness (QED) is 0.607. The van der Waals surface area contributed by atoms with Gasteiger partial charge in [0.05, 0.1) is 17.3 Å². The van der Waals surface area contributed by atoms with E-state index >= 15 is 0 Å². The molecule has 132 valence electrons. The Morgan fingerprint density at radius 1 is 0.962 bits per heavy atom. The molecule has 0 aliphatic carbocycles. The Morgan fingerprint density at radius 3 is 2.38 bits per heavy atom. The van der Waals surface area contributed by atoms with Crippen LogP contribution < -0.4 is 15.4 Å². The van der Waals surface area contributed by atoms with Crippen molar-refractivity contribution in [2.24, 2.45) is 0 Å². The van der Waals surface area contributed by atoms with Crippen LogP contribution in [0.15, 0.2) is 67.0 Å². The van der Waals surface area contributed by atoms with Gasteiger partial charge in [-0.15, -0.1) is 0 Å². The van der Waals surface area contributed by atoms with Crippen molar-refractivity contribution in [3.05, 3.63) is 77.0 Å². The molecule has 0 fully saturated rings. The minimum atomic E-state index is -0.230. The standard InChI is InChI=1S/C19H15Cl2N3O2/c20-13-1-6-17(21)18(11-13)24-19(25)12-23-14-2-4-15(5-3-14)26-16-7-9-22-10-8-16/h1-11,23H,12H2,(H,24,25). The van der Waals surface area contributed by atoms with Gasteiger partial charge in [-0.05, 0) is 54.6 Å². The van der Waals surface area contributed by atoms with Crippen LogP contribution in [0.4, 0.5) is 11.4 Å². The van der Waals surface area contributed by atoms with Crippen LogP contribution in [0.25, 0.3) is 0 Å². The first kappa shape index (κ1) is 18.0. The van der Waals surface area contributed by atoms with Gasteiger partial charge in [0.2, 0.25) is 5.91 Å². The lowest BCUT2D eigenvalue weighted by atomic mass is 10.3. The Bertz CT molecular complexity index is 887. The van der Waals surface area contributed by atoms with E-state index in [-0.39, 0.29) is 12.5 Å². The molecule has 7 heteroatoms. The monoisotopic (exact) mass is 387 g/mol. The summed E-state index contributed by atoms with van der Waals surface area (Å²) in [5.74, 6) is 1.17. The Labute approximate surface area is 160 Å². The first-order chi connectivity index (χ1) is 12.6. The van der Waals surface area contributed by atoms with Crippen LogP contribution in [0.3, 0.4) is 0 Å². The molecule has 0 saturated heterocycles. The Balaban J connectivity index is 1.53. The number of anilines is 2. The van der Waals surface area contributed by atoms with Crippen molar-refractivity contribution < 1.29 is 9.53 Å². The van der Waals surface area contributed by atoms with Crippen molar-refractivity contribution >= 4 is 40.5 Å². The number of benzene rings is 2. The number of aromatic nitrogens is 1. The maximum atomic E-state index is 12.1. The number of carbonyl (C=O) groups is 1. The number of halogens is 2.